The van der Waals surface area contributed by atoms with Gasteiger partial charge in [0.1, 0.15) is 0 Å². The van der Waals surface area contributed by atoms with E-state index in [0.717, 1.165) is 23.1 Å². The predicted octanol–water partition coefficient (Wildman–Crippen LogP) is 6.30. The molecule has 1 aliphatic heterocycles. The van der Waals surface area contributed by atoms with Gasteiger partial charge < -0.3 is 4.90 Å². The summed E-state index contributed by atoms with van der Waals surface area (Å²) in [5, 5.41) is 0. The third-order valence-corrected chi connectivity index (χ3v) is 6.47. The van der Waals surface area contributed by atoms with E-state index in [-0.39, 0.29) is 17.9 Å². The number of rotatable bonds is 4. The maximum absolute atomic E-state index is 14.3. The fraction of sp³-hybridized carbons (Fsp3) is 0.167. The minimum Gasteiger partial charge on any atom is -0.330 e. The topological polar surface area (TPSA) is 20.3 Å². The van der Waals surface area contributed by atoms with E-state index in [9.17, 15) is 4.79 Å². The molecular weight excluding hydrogens is 390 g/mol. The Morgan fingerprint density at radius 1 is 0.750 bits per heavy atom. The molecule has 1 atom stereocenters. The van der Waals surface area contributed by atoms with E-state index in [1.165, 1.54) is 16.7 Å². The van der Waals surface area contributed by atoms with Crippen LogP contribution in [0.3, 0.4) is 0 Å². The fourth-order valence-electron chi connectivity index (χ4n) is 4.85. The van der Waals surface area contributed by atoms with E-state index < -0.39 is 0 Å². The molecule has 0 bridgehead atoms. The van der Waals surface area contributed by atoms with Crippen molar-refractivity contribution in [3.05, 3.63) is 143 Å². The van der Waals surface area contributed by atoms with Gasteiger partial charge in [0.2, 0.25) is 5.91 Å². The molecule has 2 nitrogen and oxygen atoms in total. The van der Waals surface area contributed by atoms with E-state index in [1.807, 2.05) is 36.4 Å². The molecule has 4 aromatic rings. The van der Waals surface area contributed by atoms with Crippen LogP contribution in [0.1, 0.15) is 45.3 Å². The lowest BCUT2D eigenvalue weighted by Gasteiger charge is -2.40. The molecule has 0 fully saturated rings. The Kier molecular flexibility index (Phi) is 5.60. The number of amides is 1. The van der Waals surface area contributed by atoms with Gasteiger partial charge in [-0.2, -0.15) is 0 Å². The Labute approximate surface area is 190 Å². The van der Waals surface area contributed by atoms with Crippen LogP contribution < -0.4 is 0 Å². The molecule has 1 amide bonds. The summed E-state index contributed by atoms with van der Waals surface area (Å²) in [6.07, 6.45) is 0.876. The monoisotopic (exact) mass is 417 g/mol. The molecule has 32 heavy (non-hydrogen) atoms. The summed E-state index contributed by atoms with van der Waals surface area (Å²) in [6.45, 7) is 2.81. The van der Waals surface area contributed by atoms with Crippen LogP contribution in [0.4, 0.5) is 0 Å². The van der Waals surface area contributed by atoms with E-state index >= 15 is 0 Å². The lowest BCUT2D eigenvalue weighted by molar-refractivity contribution is -0.134. The third kappa shape index (κ3) is 3.85. The lowest BCUT2D eigenvalue weighted by atomic mass is 9.84. The van der Waals surface area contributed by atoms with E-state index in [4.69, 9.17) is 0 Å². The first-order valence-electron chi connectivity index (χ1n) is 11.3. The molecule has 4 aromatic carbocycles. The normalized spacial score (nSPS) is 15.4. The molecule has 0 radical (unpaired) electrons. The average molecular weight is 418 g/mol. The molecule has 0 saturated carbocycles. The minimum absolute atomic E-state index is 0.0806. The standard InChI is InChI=1S/C30H27NO/c1-22-16-18-26(19-17-22)29-27-15-9-8-10-23(27)20-21-31(29)30(32)28(24-11-4-2-5-12-24)25-13-6-3-7-14-25/h2-19,28-29H,20-21H2,1H3/t29-/m0/s1. The van der Waals surface area contributed by atoms with Gasteiger partial charge in [-0.1, -0.05) is 115 Å². The third-order valence-electron chi connectivity index (χ3n) is 6.47. The Morgan fingerprint density at radius 3 is 1.94 bits per heavy atom. The van der Waals surface area contributed by atoms with Crippen molar-refractivity contribution in [2.24, 2.45) is 0 Å². The quantitative estimate of drug-likeness (QED) is 0.381. The molecule has 0 spiro atoms. The molecule has 0 N–H and O–H groups in total. The second-order valence-corrected chi connectivity index (χ2v) is 8.55. The van der Waals surface area contributed by atoms with Gasteiger partial charge in [0.25, 0.3) is 0 Å². The maximum Gasteiger partial charge on any atom is 0.235 e. The first-order chi connectivity index (χ1) is 15.7. The second kappa shape index (κ2) is 8.84. The van der Waals surface area contributed by atoms with Gasteiger partial charge in [0.15, 0.2) is 0 Å². The van der Waals surface area contributed by atoms with Crippen molar-refractivity contribution in [3.8, 4) is 0 Å². The number of hydrogen-bond donors (Lipinski definition) is 0. The highest BCUT2D eigenvalue weighted by Gasteiger charge is 2.36. The first kappa shape index (κ1) is 20.3. The van der Waals surface area contributed by atoms with Crippen molar-refractivity contribution in [2.45, 2.75) is 25.3 Å². The summed E-state index contributed by atoms with van der Waals surface area (Å²) >= 11 is 0. The van der Waals surface area contributed by atoms with Gasteiger partial charge in [-0.15, -0.1) is 0 Å². The highest BCUT2D eigenvalue weighted by molar-refractivity contribution is 5.88. The van der Waals surface area contributed by atoms with Gasteiger partial charge in [-0.25, -0.2) is 0 Å². The average Bonchev–Trinajstić information content (AvgIpc) is 2.85. The number of carbonyl (C=O) groups excluding carboxylic acids is 1. The van der Waals surface area contributed by atoms with Crippen LogP contribution in [-0.4, -0.2) is 17.4 Å². The molecule has 1 heterocycles. The summed E-state index contributed by atoms with van der Waals surface area (Å²) in [4.78, 5) is 16.4. The molecular formula is C30H27NO. The largest absolute Gasteiger partial charge is 0.330 e. The molecule has 2 heteroatoms. The van der Waals surface area contributed by atoms with Gasteiger partial charge in [0.05, 0.1) is 12.0 Å². The fourth-order valence-corrected chi connectivity index (χ4v) is 4.85. The predicted molar refractivity (Wildman–Crippen MR) is 130 cm³/mol. The van der Waals surface area contributed by atoms with Gasteiger partial charge in [-0.05, 0) is 41.2 Å². The van der Waals surface area contributed by atoms with Crippen LogP contribution in [0.15, 0.2) is 109 Å². The van der Waals surface area contributed by atoms with Gasteiger partial charge in [-0.3, -0.25) is 4.79 Å². The first-order valence-corrected chi connectivity index (χ1v) is 11.3. The highest BCUT2D eigenvalue weighted by atomic mass is 16.2. The lowest BCUT2D eigenvalue weighted by Crippen LogP contribution is -2.43. The summed E-state index contributed by atoms with van der Waals surface area (Å²) in [5.74, 6) is -0.168. The van der Waals surface area contributed by atoms with E-state index in [1.54, 1.807) is 0 Å². The summed E-state index contributed by atoms with van der Waals surface area (Å²) in [5.41, 5.74) is 7.02. The smallest absolute Gasteiger partial charge is 0.235 e. The summed E-state index contributed by atoms with van der Waals surface area (Å²) < 4.78 is 0. The van der Waals surface area contributed by atoms with Crippen LogP contribution in [0.2, 0.25) is 0 Å². The van der Waals surface area contributed by atoms with Crippen molar-refractivity contribution in [3.63, 3.8) is 0 Å². The Balaban J connectivity index is 1.62. The zero-order valence-corrected chi connectivity index (χ0v) is 18.3. The summed E-state index contributed by atoms with van der Waals surface area (Å²) in [6, 6.07) is 37.4. The Bertz CT molecular complexity index is 1160. The van der Waals surface area contributed by atoms with Crippen molar-refractivity contribution in [1.29, 1.82) is 0 Å². The number of fused-ring (bicyclic) bond motifs is 1. The number of nitrogens with zero attached hydrogens (tertiary/aromatic N) is 1. The van der Waals surface area contributed by atoms with E-state index in [2.05, 4.69) is 84.6 Å². The maximum atomic E-state index is 14.3. The molecule has 0 aliphatic carbocycles. The van der Waals surface area contributed by atoms with Crippen molar-refractivity contribution in [1.82, 2.24) is 4.90 Å². The van der Waals surface area contributed by atoms with Crippen LogP contribution in [0.5, 0.6) is 0 Å². The molecule has 1 aliphatic rings. The van der Waals surface area contributed by atoms with Crippen LogP contribution >= 0.6 is 0 Å². The highest BCUT2D eigenvalue weighted by Crippen LogP contribution is 2.38. The van der Waals surface area contributed by atoms with Gasteiger partial charge in [0, 0.05) is 6.54 Å². The number of hydrogen-bond acceptors (Lipinski definition) is 1. The van der Waals surface area contributed by atoms with Crippen LogP contribution in [-0.2, 0) is 11.2 Å². The van der Waals surface area contributed by atoms with Crippen molar-refractivity contribution in [2.75, 3.05) is 6.54 Å². The number of aryl methyl sites for hydroxylation is 1. The summed E-state index contributed by atoms with van der Waals surface area (Å²) in [7, 11) is 0. The van der Waals surface area contributed by atoms with Gasteiger partial charge >= 0.3 is 0 Å². The minimum atomic E-state index is -0.324. The van der Waals surface area contributed by atoms with Crippen LogP contribution in [0, 0.1) is 6.92 Å². The molecule has 158 valence electrons. The molecule has 0 unspecified atom stereocenters. The number of benzene rings is 4. The van der Waals surface area contributed by atoms with Crippen LogP contribution in [0.25, 0.3) is 0 Å². The Hall–Kier alpha value is -3.65. The molecule has 0 saturated heterocycles. The number of carbonyl (C=O) groups is 1. The zero-order chi connectivity index (χ0) is 21.9. The molecule has 5 rings (SSSR count). The van der Waals surface area contributed by atoms with Crippen molar-refractivity contribution < 1.29 is 4.79 Å². The Morgan fingerprint density at radius 2 is 1.31 bits per heavy atom. The SMILES string of the molecule is Cc1ccc([C@H]2c3ccccc3CCN2C(=O)C(c2ccccc2)c2ccccc2)cc1. The van der Waals surface area contributed by atoms with Crippen molar-refractivity contribution >= 4 is 5.91 Å². The van der Waals surface area contributed by atoms with E-state index in [0.29, 0.717) is 6.54 Å². The zero-order valence-electron chi connectivity index (χ0n) is 18.3. The molecule has 0 aromatic heterocycles. The second-order valence-electron chi connectivity index (χ2n) is 8.55.